The molecule has 0 amide bonds. The lowest BCUT2D eigenvalue weighted by atomic mass is 9.79. The van der Waals surface area contributed by atoms with Crippen molar-refractivity contribution in [2.75, 3.05) is 7.11 Å². The minimum absolute atomic E-state index is 0.183. The largest absolute Gasteiger partial charge is 0.469 e. The van der Waals surface area contributed by atoms with E-state index in [4.69, 9.17) is 0 Å². The lowest BCUT2D eigenvalue weighted by molar-refractivity contribution is -0.146. The normalized spacial score (nSPS) is 26.2. The maximum absolute atomic E-state index is 11.7. The fourth-order valence-electron chi connectivity index (χ4n) is 2.09. The van der Waals surface area contributed by atoms with Crippen LogP contribution < -0.4 is 0 Å². The molecule has 78 valence electrons. The van der Waals surface area contributed by atoms with Gasteiger partial charge in [0.25, 0.3) is 0 Å². The van der Waals surface area contributed by atoms with Crippen molar-refractivity contribution in [3.8, 4) is 0 Å². The van der Waals surface area contributed by atoms with Crippen LogP contribution in [0.15, 0.2) is 12.7 Å². The average Bonchev–Trinajstić information content (AvgIpc) is 2.49. The fourth-order valence-corrected chi connectivity index (χ4v) is 2.09. The summed E-state index contributed by atoms with van der Waals surface area (Å²) in [6.07, 6.45) is 4.75. The second kappa shape index (κ2) is 4.40. The zero-order valence-electron chi connectivity index (χ0n) is 8.54. The number of hydrogen-bond donors (Lipinski definition) is 0. The van der Waals surface area contributed by atoms with E-state index in [1.807, 2.05) is 0 Å². The molecular weight excluding hydrogens is 180 g/mol. The molecule has 0 heterocycles. The predicted molar refractivity (Wildman–Crippen MR) is 52.7 cm³/mol. The third-order valence-corrected chi connectivity index (χ3v) is 2.90. The summed E-state index contributed by atoms with van der Waals surface area (Å²) >= 11 is 0. The number of methoxy groups -OCH3 is 1. The molecule has 1 saturated carbocycles. The maximum atomic E-state index is 11.7. The Labute approximate surface area is 84.1 Å². The molecule has 14 heavy (non-hydrogen) atoms. The first-order chi connectivity index (χ1) is 6.64. The van der Waals surface area contributed by atoms with Gasteiger partial charge in [0.2, 0.25) is 0 Å². The van der Waals surface area contributed by atoms with Crippen molar-refractivity contribution in [1.82, 2.24) is 0 Å². The van der Waals surface area contributed by atoms with Crippen LogP contribution in [0, 0.1) is 5.41 Å². The van der Waals surface area contributed by atoms with Gasteiger partial charge >= 0.3 is 5.97 Å². The van der Waals surface area contributed by atoms with Gasteiger partial charge in [0.05, 0.1) is 13.5 Å². The Balaban J connectivity index is 2.76. The topological polar surface area (TPSA) is 43.4 Å². The van der Waals surface area contributed by atoms with E-state index in [9.17, 15) is 9.59 Å². The average molecular weight is 196 g/mol. The number of Topliss-reactive ketones (excluding diaryl/α,β-unsaturated/α-hetero) is 1. The molecule has 0 spiro atoms. The number of allylic oxidation sites excluding steroid dienone is 1. The van der Waals surface area contributed by atoms with Crippen LogP contribution in [0.1, 0.15) is 32.1 Å². The molecule has 0 saturated heterocycles. The van der Waals surface area contributed by atoms with Crippen molar-refractivity contribution in [2.45, 2.75) is 32.1 Å². The van der Waals surface area contributed by atoms with E-state index in [1.165, 1.54) is 7.11 Å². The van der Waals surface area contributed by atoms with E-state index in [0.717, 1.165) is 12.8 Å². The van der Waals surface area contributed by atoms with Crippen molar-refractivity contribution in [3.63, 3.8) is 0 Å². The van der Waals surface area contributed by atoms with Gasteiger partial charge in [-0.05, 0) is 19.3 Å². The lowest BCUT2D eigenvalue weighted by Gasteiger charge is -2.24. The number of ketones is 1. The van der Waals surface area contributed by atoms with E-state index < -0.39 is 5.41 Å². The Morgan fingerprint density at radius 1 is 1.71 bits per heavy atom. The highest BCUT2D eigenvalue weighted by Crippen LogP contribution is 2.41. The van der Waals surface area contributed by atoms with Gasteiger partial charge in [-0.2, -0.15) is 0 Å². The van der Waals surface area contributed by atoms with Gasteiger partial charge in [0, 0.05) is 11.8 Å². The van der Waals surface area contributed by atoms with E-state index in [2.05, 4.69) is 11.3 Å². The maximum Gasteiger partial charge on any atom is 0.306 e. The van der Waals surface area contributed by atoms with Gasteiger partial charge in [0.1, 0.15) is 5.78 Å². The molecule has 0 aromatic rings. The van der Waals surface area contributed by atoms with Crippen LogP contribution in [-0.4, -0.2) is 18.9 Å². The number of esters is 1. The van der Waals surface area contributed by atoms with E-state index in [-0.39, 0.29) is 18.2 Å². The molecule has 0 aliphatic heterocycles. The summed E-state index contributed by atoms with van der Waals surface area (Å²) in [4.78, 5) is 22.9. The molecule has 0 aromatic carbocycles. The van der Waals surface area contributed by atoms with Crippen molar-refractivity contribution in [3.05, 3.63) is 12.7 Å². The summed E-state index contributed by atoms with van der Waals surface area (Å²) in [6.45, 7) is 3.63. The number of ether oxygens (including phenoxy) is 1. The Kier molecular flexibility index (Phi) is 3.44. The summed E-state index contributed by atoms with van der Waals surface area (Å²) in [5.74, 6) is -0.120. The molecule has 1 rings (SSSR count). The van der Waals surface area contributed by atoms with Crippen LogP contribution in [0.4, 0.5) is 0 Å². The highest BCUT2D eigenvalue weighted by atomic mass is 16.5. The first-order valence-electron chi connectivity index (χ1n) is 4.85. The van der Waals surface area contributed by atoms with Crippen LogP contribution in [0.25, 0.3) is 0 Å². The zero-order chi connectivity index (χ0) is 10.6. The predicted octanol–water partition coefficient (Wildman–Crippen LogP) is 1.86. The smallest absolute Gasteiger partial charge is 0.306 e. The summed E-state index contributed by atoms with van der Waals surface area (Å²) in [6, 6.07) is 0. The van der Waals surface area contributed by atoms with Crippen LogP contribution in [-0.2, 0) is 14.3 Å². The van der Waals surface area contributed by atoms with Gasteiger partial charge in [-0.1, -0.05) is 6.08 Å². The molecular formula is C11H16O3. The molecule has 3 nitrogen and oxygen atoms in total. The summed E-state index contributed by atoms with van der Waals surface area (Å²) in [5, 5.41) is 0. The van der Waals surface area contributed by atoms with Crippen molar-refractivity contribution < 1.29 is 14.3 Å². The van der Waals surface area contributed by atoms with Crippen LogP contribution >= 0.6 is 0 Å². The fraction of sp³-hybridized carbons (Fsp3) is 0.636. The van der Waals surface area contributed by atoms with E-state index >= 15 is 0 Å². The molecule has 1 atom stereocenters. The molecule has 0 aromatic heterocycles. The van der Waals surface area contributed by atoms with E-state index in [0.29, 0.717) is 12.8 Å². The Morgan fingerprint density at radius 2 is 2.43 bits per heavy atom. The number of hydrogen-bond acceptors (Lipinski definition) is 3. The molecule has 1 aliphatic rings. The van der Waals surface area contributed by atoms with Gasteiger partial charge in [0.15, 0.2) is 0 Å². The third kappa shape index (κ3) is 2.03. The highest BCUT2D eigenvalue weighted by Gasteiger charge is 2.42. The summed E-state index contributed by atoms with van der Waals surface area (Å²) in [5.41, 5.74) is -0.505. The summed E-state index contributed by atoms with van der Waals surface area (Å²) < 4.78 is 4.61. The minimum Gasteiger partial charge on any atom is -0.469 e. The van der Waals surface area contributed by atoms with Crippen molar-refractivity contribution in [1.29, 1.82) is 0 Å². The number of carbonyl (C=O) groups is 2. The second-order valence-corrected chi connectivity index (χ2v) is 3.80. The molecule has 0 unspecified atom stereocenters. The number of rotatable bonds is 4. The standard InChI is InChI=1S/C11H16O3/c1-3-6-11(8-10(13)14-2)7-4-5-9(11)12/h3H,1,4-8H2,2H3/t11-/m0/s1. The minimum atomic E-state index is -0.505. The number of carbonyl (C=O) groups excluding carboxylic acids is 2. The quantitative estimate of drug-likeness (QED) is 0.509. The molecule has 1 fully saturated rings. The Bertz CT molecular complexity index is 257. The SMILES string of the molecule is C=CC[C@@]1(CC(=O)OC)CCCC1=O. The Morgan fingerprint density at radius 3 is 2.86 bits per heavy atom. The third-order valence-electron chi connectivity index (χ3n) is 2.90. The molecule has 0 N–H and O–H groups in total. The van der Waals surface area contributed by atoms with Crippen LogP contribution in [0.2, 0.25) is 0 Å². The molecule has 1 aliphatic carbocycles. The van der Waals surface area contributed by atoms with Crippen LogP contribution in [0.5, 0.6) is 0 Å². The highest BCUT2D eigenvalue weighted by molar-refractivity contribution is 5.90. The molecule has 0 bridgehead atoms. The van der Waals surface area contributed by atoms with Crippen molar-refractivity contribution in [2.24, 2.45) is 5.41 Å². The second-order valence-electron chi connectivity index (χ2n) is 3.80. The first kappa shape index (κ1) is 11.0. The monoisotopic (exact) mass is 196 g/mol. The van der Waals surface area contributed by atoms with Gasteiger partial charge in [-0.15, -0.1) is 6.58 Å². The van der Waals surface area contributed by atoms with Gasteiger partial charge < -0.3 is 4.74 Å². The lowest BCUT2D eigenvalue weighted by Crippen LogP contribution is -2.28. The van der Waals surface area contributed by atoms with Crippen molar-refractivity contribution >= 4 is 11.8 Å². The first-order valence-corrected chi connectivity index (χ1v) is 4.85. The summed E-state index contributed by atoms with van der Waals surface area (Å²) in [7, 11) is 1.35. The van der Waals surface area contributed by atoms with Crippen LogP contribution in [0.3, 0.4) is 0 Å². The molecule has 0 radical (unpaired) electrons. The van der Waals surface area contributed by atoms with Gasteiger partial charge in [-0.25, -0.2) is 0 Å². The molecule has 3 heteroatoms. The van der Waals surface area contributed by atoms with Gasteiger partial charge in [-0.3, -0.25) is 9.59 Å². The zero-order valence-corrected chi connectivity index (χ0v) is 8.54. The Hall–Kier alpha value is -1.12. The van der Waals surface area contributed by atoms with E-state index in [1.54, 1.807) is 6.08 Å².